The summed E-state index contributed by atoms with van der Waals surface area (Å²) in [5.41, 5.74) is 6.89. The van der Waals surface area contributed by atoms with E-state index in [9.17, 15) is 5.26 Å². The van der Waals surface area contributed by atoms with Gasteiger partial charge in [0.05, 0.1) is 29.9 Å². The van der Waals surface area contributed by atoms with Gasteiger partial charge in [0, 0.05) is 74.0 Å². The molecule has 6 rings (SSSR count). The molecule has 0 bridgehead atoms. The lowest BCUT2D eigenvalue weighted by Gasteiger charge is -2.42. The van der Waals surface area contributed by atoms with Crippen molar-refractivity contribution in [1.29, 1.82) is 5.26 Å². The van der Waals surface area contributed by atoms with Gasteiger partial charge in [-0.25, -0.2) is 0 Å². The largest absolute Gasteiger partial charge is 0.497 e. The summed E-state index contributed by atoms with van der Waals surface area (Å²) in [5, 5.41) is 11.8. The van der Waals surface area contributed by atoms with E-state index in [-0.39, 0.29) is 0 Å². The number of fused-ring (bicyclic) bond motifs is 2. The number of anilines is 1. The Labute approximate surface area is 219 Å². The van der Waals surface area contributed by atoms with Gasteiger partial charge in [-0.1, -0.05) is 0 Å². The number of benzene rings is 2. The monoisotopic (exact) mass is 493 g/mol. The number of hydrogen-bond acceptors (Lipinski definition) is 5. The van der Waals surface area contributed by atoms with Gasteiger partial charge in [-0.2, -0.15) is 5.26 Å². The Balaban J connectivity index is 1.13. The van der Waals surface area contributed by atoms with Crippen molar-refractivity contribution in [2.75, 3.05) is 38.2 Å². The summed E-state index contributed by atoms with van der Waals surface area (Å²) in [6.07, 6.45) is 9.11. The number of aromatic nitrogens is 2. The molecule has 0 spiro atoms. The molecule has 1 saturated heterocycles. The van der Waals surface area contributed by atoms with Crippen LogP contribution in [0.4, 0.5) is 5.69 Å². The minimum Gasteiger partial charge on any atom is -0.497 e. The van der Waals surface area contributed by atoms with Crippen LogP contribution in [-0.2, 0) is 7.05 Å². The van der Waals surface area contributed by atoms with Crippen LogP contribution >= 0.6 is 0 Å². The molecule has 190 valence electrons. The van der Waals surface area contributed by atoms with Gasteiger partial charge in [0.1, 0.15) is 5.75 Å². The molecule has 6 nitrogen and oxygen atoms in total. The first-order valence-corrected chi connectivity index (χ1v) is 13.5. The van der Waals surface area contributed by atoms with Crippen LogP contribution in [0, 0.1) is 18.3 Å². The van der Waals surface area contributed by atoms with Gasteiger partial charge < -0.3 is 14.2 Å². The normalized spacial score (nSPS) is 20.9. The van der Waals surface area contributed by atoms with Gasteiger partial charge in [-0.15, -0.1) is 0 Å². The average Bonchev–Trinajstić information content (AvgIpc) is 3.28. The fraction of sp³-hybridized carbons (Fsp3) is 0.419. The van der Waals surface area contributed by atoms with Crippen LogP contribution in [0.1, 0.15) is 48.3 Å². The van der Waals surface area contributed by atoms with Crippen molar-refractivity contribution in [3.63, 3.8) is 0 Å². The smallest absolute Gasteiger partial charge is 0.121 e. The molecule has 3 heterocycles. The molecule has 0 unspecified atom stereocenters. The summed E-state index contributed by atoms with van der Waals surface area (Å²) in [7, 11) is 3.86. The zero-order valence-electron chi connectivity index (χ0n) is 22.1. The van der Waals surface area contributed by atoms with Crippen molar-refractivity contribution >= 4 is 27.5 Å². The summed E-state index contributed by atoms with van der Waals surface area (Å²) in [5.74, 6) is 1.47. The molecule has 1 aliphatic carbocycles. The highest BCUT2D eigenvalue weighted by molar-refractivity contribution is 5.94. The van der Waals surface area contributed by atoms with Crippen LogP contribution in [0.15, 0.2) is 48.8 Å². The van der Waals surface area contributed by atoms with Crippen molar-refractivity contribution in [2.45, 2.75) is 44.6 Å². The molecule has 0 amide bonds. The maximum atomic E-state index is 9.39. The number of methoxy groups -OCH3 is 1. The molecule has 0 N–H and O–H groups in total. The van der Waals surface area contributed by atoms with Crippen molar-refractivity contribution in [1.82, 2.24) is 14.5 Å². The Morgan fingerprint density at radius 2 is 1.76 bits per heavy atom. The molecule has 0 radical (unpaired) electrons. The van der Waals surface area contributed by atoms with Crippen molar-refractivity contribution < 1.29 is 4.74 Å². The maximum Gasteiger partial charge on any atom is 0.121 e. The van der Waals surface area contributed by atoms with E-state index in [0.29, 0.717) is 12.0 Å². The number of rotatable bonds is 4. The maximum absolute atomic E-state index is 9.39. The third-order valence-corrected chi connectivity index (χ3v) is 8.71. The topological polar surface area (TPSA) is 57.3 Å². The lowest BCUT2D eigenvalue weighted by Crippen LogP contribution is -2.51. The highest BCUT2D eigenvalue weighted by Crippen LogP contribution is 2.39. The molecule has 2 aliphatic rings. The fourth-order valence-electron chi connectivity index (χ4n) is 6.60. The van der Waals surface area contributed by atoms with Gasteiger partial charge in [0.2, 0.25) is 0 Å². The number of aryl methyl sites for hydroxylation is 2. The molecular weight excluding hydrogens is 458 g/mol. The first-order chi connectivity index (χ1) is 18.1. The number of hydrogen-bond donors (Lipinski definition) is 0. The molecule has 4 aromatic rings. The van der Waals surface area contributed by atoms with Crippen LogP contribution in [0.3, 0.4) is 0 Å². The second-order valence-electron chi connectivity index (χ2n) is 10.7. The molecule has 2 fully saturated rings. The Hall–Kier alpha value is -3.56. The zero-order chi connectivity index (χ0) is 25.5. The van der Waals surface area contributed by atoms with Crippen LogP contribution in [-0.4, -0.2) is 53.8 Å². The van der Waals surface area contributed by atoms with E-state index in [1.165, 1.54) is 58.8 Å². The molecule has 2 aromatic carbocycles. The Bertz CT molecular complexity index is 1480. The number of ether oxygens (including phenoxy) is 1. The van der Waals surface area contributed by atoms with E-state index in [0.717, 1.165) is 43.0 Å². The first kappa shape index (κ1) is 23.8. The summed E-state index contributed by atoms with van der Waals surface area (Å²) >= 11 is 0. The zero-order valence-corrected chi connectivity index (χ0v) is 22.1. The van der Waals surface area contributed by atoms with Crippen LogP contribution in [0.5, 0.6) is 5.75 Å². The van der Waals surface area contributed by atoms with Crippen molar-refractivity contribution in [3.8, 4) is 11.8 Å². The summed E-state index contributed by atoms with van der Waals surface area (Å²) in [6.45, 7) is 6.33. The minimum absolute atomic E-state index is 0.577. The van der Waals surface area contributed by atoms with E-state index in [1.807, 2.05) is 12.3 Å². The second-order valence-corrected chi connectivity index (χ2v) is 10.7. The van der Waals surface area contributed by atoms with Crippen LogP contribution < -0.4 is 9.64 Å². The number of piperazine rings is 1. The molecule has 1 aliphatic heterocycles. The van der Waals surface area contributed by atoms with E-state index in [1.54, 1.807) is 7.11 Å². The summed E-state index contributed by atoms with van der Waals surface area (Å²) < 4.78 is 7.85. The van der Waals surface area contributed by atoms with Crippen LogP contribution in [0.25, 0.3) is 21.8 Å². The Morgan fingerprint density at radius 1 is 0.973 bits per heavy atom. The Morgan fingerprint density at radius 3 is 2.49 bits per heavy atom. The highest BCUT2D eigenvalue weighted by Gasteiger charge is 2.30. The third kappa shape index (κ3) is 4.32. The lowest BCUT2D eigenvalue weighted by molar-refractivity contribution is 0.141. The van der Waals surface area contributed by atoms with E-state index >= 15 is 0 Å². The van der Waals surface area contributed by atoms with Crippen LogP contribution in [0.2, 0.25) is 0 Å². The van der Waals surface area contributed by atoms with Gasteiger partial charge in [0.15, 0.2) is 0 Å². The van der Waals surface area contributed by atoms with Gasteiger partial charge in [-0.05, 0) is 80.0 Å². The molecule has 6 heteroatoms. The lowest BCUT2D eigenvalue weighted by atomic mass is 9.81. The minimum atomic E-state index is 0.577. The molecule has 2 aromatic heterocycles. The van der Waals surface area contributed by atoms with Crippen molar-refractivity contribution in [2.24, 2.45) is 7.05 Å². The predicted molar refractivity (Wildman–Crippen MR) is 149 cm³/mol. The molecular formula is C31H35N5O. The average molecular weight is 494 g/mol. The Kier molecular flexibility index (Phi) is 6.26. The van der Waals surface area contributed by atoms with Crippen molar-refractivity contribution in [3.05, 3.63) is 65.5 Å². The molecule has 1 saturated carbocycles. The van der Waals surface area contributed by atoms with E-state index in [4.69, 9.17) is 9.72 Å². The van der Waals surface area contributed by atoms with Gasteiger partial charge in [-0.3, -0.25) is 9.88 Å². The SMILES string of the molecule is COc1cc(N2CCN(C3CCC(c4cn(C)c5ccc(C#N)cc45)CC3)CC2)c2nccc(C)c2c1. The quantitative estimate of drug-likeness (QED) is 0.362. The first-order valence-electron chi connectivity index (χ1n) is 13.5. The van der Waals surface area contributed by atoms with Gasteiger partial charge in [0.25, 0.3) is 0 Å². The predicted octanol–water partition coefficient (Wildman–Crippen LogP) is 5.76. The molecule has 37 heavy (non-hydrogen) atoms. The number of nitrogens with zero attached hydrogens (tertiary/aromatic N) is 5. The second kappa shape index (κ2) is 9.72. The molecule has 0 atom stereocenters. The fourth-order valence-corrected chi connectivity index (χ4v) is 6.60. The third-order valence-electron chi connectivity index (χ3n) is 8.71. The van der Waals surface area contributed by atoms with E-state index < -0.39 is 0 Å². The highest BCUT2D eigenvalue weighted by atomic mass is 16.5. The van der Waals surface area contributed by atoms with E-state index in [2.05, 4.69) is 70.9 Å². The van der Waals surface area contributed by atoms with Gasteiger partial charge >= 0.3 is 0 Å². The summed E-state index contributed by atoms with van der Waals surface area (Å²) in [4.78, 5) is 9.94. The number of nitriles is 1. The standard InChI is InChI=1S/C31H35N5O/c1-21-10-11-33-31-26(21)17-25(37-3)18-30(31)36-14-12-35(13-15-36)24-7-5-23(6-8-24)28-20-34(2)29-9-4-22(19-32)16-27(28)29/h4,9-11,16-18,20,23-24H,5-8,12-15H2,1-3H3. The summed E-state index contributed by atoms with van der Waals surface area (Å²) in [6, 6.07) is 15.4. The number of pyridine rings is 1.